The number of esters is 1. The van der Waals surface area contributed by atoms with Crippen LogP contribution in [0, 0.1) is 5.92 Å². The second kappa shape index (κ2) is 6.29. The Morgan fingerprint density at radius 3 is 1.92 bits per heavy atom. The summed E-state index contributed by atoms with van der Waals surface area (Å²) in [5.74, 6) is -0.575. The maximum Gasteiger partial charge on any atom is 0.408 e. The van der Waals surface area contributed by atoms with E-state index in [1.807, 2.05) is 65.0 Å². The van der Waals surface area contributed by atoms with E-state index < -0.39 is 34.2 Å². The van der Waals surface area contributed by atoms with Crippen LogP contribution in [0.5, 0.6) is 0 Å². The van der Waals surface area contributed by atoms with Crippen LogP contribution in [0.15, 0.2) is 30.3 Å². The molecule has 0 spiro atoms. The molecular formula is C21H31NO4. The first-order valence-electron chi connectivity index (χ1n) is 9.04. The Morgan fingerprint density at radius 2 is 1.46 bits per heavy atom. The molecule has 5 nitrogen and oxygen atoms in total. The number of hydrogen-bond donors (Lipinski definition) is 1. The minimum atomic E-state index is -1.16. The van der Waals surface area contributed by atoms with Gasteiger partial charge in [0.1, 0.15) is 11.2 Å². The molecular weight excluding hydrogens is 330 g/mol. The number of alkyl carbamates (subject to hydrolysis) is 1. The maximum absolute atomic E-state index is 13.2. The smallest absolute Gasteiger partial charge is 0.408 e. The van der Waals surface area contributed by atoms with Gasteiger partial charge in [-0.1, -0.05) is 44.2 Å². The van der Waals surface area contributed by atoms with Gasteiger partial charge in [0.2, 0.25) is 0 Å². The van der Waals surface area contributed by atoms with Gasteiger partial charge in [-0.2, -0.15) is 0 Å². The molecule has 0 radical (unpaired) electrons. The molecule has 144 valence electrons. The highest BCUT2D eigenvalue weighted by molar-refractivity contribution is 5.94. The molecule has 1 aliphatic rings. The van der Waals surface area contributed by atoms with Crippen molar-refractivity contribution in [3.05, 3.63) is 35.9 Å². The Hall–Kier alpha value is -2.04. The standard InChI is InChI=1S/C21H31NO4/c1-14-20(8,15-12-10-9-11-13-15)21(14,16(23)25-18(2,3)4)22-17(24)26-19(5,6)7/h9-14H,1-8H3,(H,22,24)/t14-,20-,21-/m1/s1. The van der Waals surface area contributed by atoms with E-state index >= 15 is 0 Å². The van der Waals surface area contributed by atoms with Crippen LogP contribution in [0.4, 0.5) is 4.79 Å². The van der Waals surface area contributed by atoms with Crippen LogP contribution in [0.1, 0.15) is 61.0 Å². The Balaban J connectivity index is 2.41. The molecule has 3 atom stereocenters. The van der Waals surface area contributed by atoms with Gasteiger partial charge >= 0.3 is 12.1 Å². The minimum Gasteiger partial charge on any atom is -0.458 e. The first kappa shape index (κ1) is 20.3. The lowest BCUT2D eigenvalue weighted by molar-refractivity contribution is -0.160. The van der Waals surface area contributed by atoms with E-state index in [4.69, 9.17) is 9.47 Å². The van der Waals surface area contributed by atoms with Crippen LogP contribution in [0.25, 0.3) is 0 Å². The Labute approximate surface area is 156 Å². The quantitative estimate of drug-likeness (QED) is 0.820. The fraction of sp³-hybridized carbons (Fsp3) is 0.619. The van der Waals surface area contributed by atoms with E-state index in [0.717, 1.165) is 5.56 Å². The summed E-state index contributed by atoms with van der Waals surface area (Å²) in [5, 5.41) is 2.85. The molecule has 1 saturated carbocycles. The molecule has 1 fully saturated rings. The molecule has 0 unspecified atom stereocenters. The van der Waals surface area contributed by atoms with Crippen molar-refractivity contribution in [3.8, 4) is 0 Å². The summed E-state index contributed by atoms with van der Waals surface area (Å²) in [6.45, 7) is 14.8. The van der Waals surface area contributed by atoms with Crippen LogP contribution in [-0.2, 0) is 19.7 Å². The van der Waals surface area contributed by atoms with Crippen molar-refractivity contribution in [2.45, 2.75) is 77.5 Å². The fourth-order valence-electron chi connectivity index (χ4n) is 3.60. The lowest BCUT2D eigenvalue weighted by atomic mass is 9.91. The first-order valence-corrected chi connectivity index (χ1v) is 9.04. The summed E-state index contributed by atoms with van der Waals surface area (Å²) in [6.07, 6.45) is -0.616. The molecule has 1 N–H and O–H groups in total. The van der Waals surface area contributed by atoms with Crippen molar-refractivity contribution in [2.24, 2.45) is 5.92 Å². The summed E-state index contributed by atoms with van der Waals surface area (Å²) in [6, 6.07) is 9.73. The van der Waals surface area contributed by atoms with Gasteiger partial charge in [-0.15, -0.1) is 0 Å². The number of amides is 1. The van der Waals surface area contributed by atoms with Crippen LogP contribution in [0.2, 0.25) is 0 Å². The summed E-state index contributed by atoms with van der Waals surface area (Å²) < 4.78 is 11.1. The van der Waals surface area contributed by atoms with Crippen molar-refractivity contribution >= 4 is 12.1 Å². The Bertz CT molecular complexity index is 686. The molecule has 5 heteroatoms. The van der Waals surface area contributed by atoms with E-state index in [0.29, 0.717) is 0 Å². The molecule has 1 amide bonds. The van der Waals surface area contributed by atoms with E-state index in [9.17, 15) is 9.59 Å². The monoisotopic (exact) mass is 361 g/mol. The summed E-state index contributed by atoms with van der Waals surface area (Å²) >= 11 is 0. The van der Waals surface area contributed by atoms with Gasteiger partial charge in [-0.25, -0.2) is 9.59 Å². The lowest BCUT2D eigenvalue weighted by Crippen LogP contribution is -2.52. The van der Waals surface area contributed by atoms with Crippen LogP contribution >= 0.6 is 0 Å². The number of carbonyl (C=O) groups excluding carboxylic acids is 2. The molecule has 2 rings (SSSR count). The predicted octanol–water partition coefficient (Wildman–Crippen LogP) is 4.20. The average Bonchev–Trinajstić information content (AvgIpc) is 2.95. The third-order valence-corrected chi connectivity index (χ3v) is 5.04. The number of rotatable bonds is 3. The molecule has 1 aliphatic carbocycles. The molecule has 26 heavy (non-hydrogen) atoms. The summed E-state index contributed by atoms with van der Waals surface area (Å²) in [5.41, 5.74) is -2.06. The van der Waals surface area contributed by atoms with Crippen molar-refractivity contribution in [3.63, 3.8) is 0 Å². The topological polar surface area (TPSA) is 64.6 Å². The van der Waals surface area contributed by atoms with Crippen molar-refractivity contribution in [2.75, 3.05) is 0 Å². The maximum atomic E-state index is 13.2. The summed E-state index contributed by atoms with van der Waals surface area (Å²) in [7, 11) is 0. The number of carbonyl (C=O) groups is 2. The molecule has 0 aliphatic heterocycles. The second-order valence-electron chi connectivity index (χ2n) is 9.23. The first-order chi connectivity index (χ1) is 11.7. The lowest BCUT2D eigenvalue weighted by Gasteiger charge is -2.29. The van der Waals surface area contributed by atoms with Gasteiger partial charge in [0.05, 0.1) is 0 Å². The fourth-order valence-corrected chi connectivity index (χ4v) is 3.60. The van der Waals surface area contributed by atoms with Gasteiger partial charge in [-0.3, -0.25) is 0 Å². The van der Waals surface area contributed by atoms with Gasteiger partial charge < -0.3 is 14.8 Å². The number of benzene rings is 1. The van der Waals surface area contributed by atoms with Gasteiger partial charge in [-0.05, 0) is 47.1 Å². The average molecular weight is 361 g/mol. The summed E-state index contributed by atoms with van der Waals surface area (Å²) in [4.78, 5) is 25.7. The highest BCUT2D eigenvalue weighted by atomic mass is 16.6. The van der Waals surface area contributed by atoms with Crippen molar-refractivity contribution in [1.82, 2.24) is 5.32 Å². The van der Waals surface area contributed by atoms with Crippen molar-refractivity contribution < 1.29 is 19.1 Å². The Morgan fingerprint density at radius 1 is 0.962 bits per heavy atom. The molecule has 1 aromatic rings. The predicted molar refractivity (Wildman–Crippen MR) is 101 cm³/mol. The Kier molecular flexibility index (Phi) is 4.90. The number of ether oxygens (including phenoxy) is 2. The van der Waals surface area contributed by atoms with E-state index in [-0.39, 0.29) is 5.92 Å². The van der Waals surface area contributed by atoms with Crippen molar-refractivity contribution in [1.29, 1.82) is 0 Å². The zero-order valence-electron chi connectivity index (χ0n) is 17.1. The molecule has 0 saturated heterocycles. The van der Waals surface area contributed by atoms with Crippen LogP contribution < -0.4 is 5.32 Å². The van der Waals surface area contributed by atoms with E-state index in [2.05, 4.69) is 5.32 Å². The van der Waals surface area contributed by atoms with Gasteiger partial charge in [0, 0.05) is 11.3 Å². The minimum absolute atomic E-state index is 0.139. The number of nitrogens with one attached hydrogen (secondary N) is 1. The third kappa shape index (κ3) is 3.57. The van der Waals surface area contributed by atoms with Crippen LogP contribution in [0.3, 0.4) is 0 Å². The highest BCUT2D eigenvalue weighted by Gasteiger charge is 2.79. The highest BCUT2D eigenvalue weighted by Crippen LogP contribution is 2.63. The molecule has 0 aromatic heterocycles. The molecule has 1 aromatic carbocycles. The van der Waals surface area contributed by atoms with Gasteiger partial charge in [0.15, 0.2) is 5.54 Å². The van der Waals surface area contributed by atoms with Gasteiger partial charge in [0.25, 0.3) is 0 Å². The molecule has 0 bridgehead atoms. The zero-order valence-corrected chi connectivity index (χ0v) is 17.1. The largest absolute Gasteiger partial charge is 0.458 e. The molecule has 0 heterocycles. The number of hydrogen-bond acceptors (Lipinski definition) is 4. The third-order valence-electron chi connectivity index (χ3n) is 5.04. The zero-order chi connectivity index (χ0) is 20.0. The van der Waals surface area contributed by atoms with E-state index in [1.54, 1.807) is 20.8 Å². The normalized spacial score (nSPS) is 28.2. The second-order valence-corrected chi connectivity index (χ2v) is 9.23. The SMILES string of the molecule is C[C@@H]1[C@](C)(c2ccccc2)[C@]1(NC(=O)OC(C)(C)C)C(=O)OC(C)(C)C. The van der Waals surface area contributed by atoms with E-state index in [1.165, 1.54) is 0 Å². The van der Waals surface area contributed by atoms with Crippen LogP contribution in [-0.4, -0.2) is 28.8 Å².